The van der Waals surface area contributed by atoms with Crippen molar-refractivity contribution >= 4 is 15.9 Å². The monoisotopic (exact) mass is 298 g/mol. The molecule has 0 amide bonds. The number of hydrogen-bond acceptors (Lipinski definition) is 1. The number of aliphatic hydroxyl groups excluding tert-OH is 1. The van der Waals surface area contributed by atoms with Gasteiger partial charge in [-0.3, -0.25) is 0 Å². The number of hydrogen-bond donors (Lipinski definition) is 1. The molecule has 0 saturated carbocycles. The molecule has 0 fully saturated rings. The largest absolute Gasteiger partial charge is 0.392 e. The van der Waals surface area contributed by atoms with Crippen LogP contribution in [-0.4, -0.2) is 11.2 Å². The van der Waals surface area contributed by atoms with Crippen LogP contribution in [0.3, 0.4) is 0 Å². The Labute approximate surface area is 109 Å². The summed E-state index contributed by atoms with van der Waals surface area (Å²) in [5, 5.41) is 10.1. The highest BCUT2D eigenvalue weighted by atomic mass is 79.9. The summed E-state index contributed by atoms with van der Waals surface area (Å²) < 4.78 is 14.4. The van der Waals surface area contributed by atoms with Crippen LogP contribution < -0.4 is 0 Å². The van der Waals surface area contributed by atoms with Gasteiger partial charge in [-0.25, -0.2) is 4.39 Å². The van der Waals surface area contributed by atoms with Crippen molar-refractivity contribution in [2.75, 3.05) is 0 Å². The smallest absolute Gasteiger partial charge is 0.127 e. The molecule has 1 aliphatic carbocycles. The first-order valence-electron chi connectivity index (χ1n) is 5.94. The van der Waals surface area contributed by atoms with E-state index in [0.717, 1.165) is 23.7 Å². The fourth-order valence-corrected chi connectivity index (χ4v) is 2.58. The van der Waals surface area contributed by atoms with Crippen molar-refractivity contribution in [2.45, 2.75) is 31.8 Å². The lowest BCUT2D eigenvalue weighted by molar-refractivity contribution is 0.101. The minimum atomic E-state index is -0.448. The lowest BCUT2D eigenvalue weighted by atomic mass is 9.86. The summed E-state index contributed by atoms with van der Waals surface area (Å²) in [5.41, 5.74) is 0.593. The van der Waals surface area contributed by atoms with Crippen molar-refractivity contribution in [3.8, 4) is 0 Å². The van der Waals surface area contributed by atoms with Crippen molar-refractivity contribution in [3.63, 3.8) is 0 Å². The van der Waals surface area contributed by atoms with Crippen LogP contribution in [0, 0.1) is 11.7 Å². The molecule has 1 aliphatic rings. The third-order valence-electron chi connectivity index (χ3n) is 3.30. The average molecular weight is 299 g/mol. The van der Waals surface area contributed by atoms with E-state index >= 15 is 0 Å². The number of halogens is 2. The summed E-state index contributed by atoms with van der Waals surface area (Å²) in [7, 11) is 0. The maximum atomic E-state index is 13.6. The van der Waals surface area contributed by atoms with Gasteiger partial charge in [0.1, 0.15) is 5.82 Å². The fourth-order valence-electron chi connectivity index (χ4n) is 2.25. The molecular formula is C14H16BrFO. The normalized spacial score (nSPS) is 21.5. The van der Waals surface area contributed by atoms with Gasteiger partial charge in [-0.05, 0) is 42.9 Å². The Kier molecular flexibility index (Phi) is 4.35. The van der Waals surface area contributed by atoms with E-state index in [9.17, 15) is 9.50 Å². The standard InChI is InChI=1S/C14H16BrFO/c15-12-7-6-11(13(16)9-12)8-14(17)10-4-2-1-3-5-10/h1-2,6-7,9-10,14,17H,3-5,8H2. The molecule has 92 valence electrons. The number of aliphatic hydroxyl groups is 1. The highest BCUT2D eigenvalue weighted by Crippen LogP contribution is 2.25. The minimum Gasteiger partial charge on any atom is -0.392 e. The van der Waals surface area contributed by atoms with E-state index in [1.54, 1.807) is 6.07 Å². The summed E-state index contributed by atoms with van der Waals surface area (Å²) in [6.45, 7) is 0. The molecule has 17 heavy (non-hydrogen) atoms. The molecule has 0 spiro atoms. The quantitative estimate of drug-likeness (QED) is 0.841. The van der Waals surface area contributed by atoms with E-state index < -0.39 is 6.10 Å². The highest BCUT2D eigenvalue weighted by molar-refractivity contribution is 9.10. The van der Waals surface area contributed by atoms with Crippen molar-refractivity contribution in [1.82, 2.24) is 0 Å². The van der Waals surface area contributed by atoms with E-state index in [-0.39, 0.29) is 11.7 Å². The minimum absolute atomic E-state index is 0.246. The Balaban J connectivity index is 2.02. The van der Waals surface area contributed by atoms with Gasteiger partial charge in [-0.2, -0.15) is 0 Å². The maximum Gasteiger partial charge on any atom is 0.127 e. The molecule has 0 heterocycles. The van der Waals surface area contributed by atoms with Crippen molar-refractivity contribution in [2.24, 2.45) is 5.92 Å². The summed E-state index contributed by atoms with van der Waals surface area (Å²) in [6.07, 6.45) is 7.12. The van der Waals surface area contributed by atoms with Crippen LogP contribution in [0.4, 0.5) is 4.39 Å². The molecular weight excluding hydrogens is 283 g/mol. The summed E-state index contributed by atoms with van der Waals surface area (Å²) in [6, 6.07) is 5.00. The third kappa shape index (κ3) is 3.39. The SMILES string of the molecule is OC(Cc1ccc(Br)cc1F)C1CC=CCC1. The third-order valence-corrected chi connectivity index (χ3v) is 3.79. The van der Waals surface area contributed by atoms with Gasteiger partial charge < -0.3 is 5.11 Å². The summed E-state index contributed by atoms with van der Waals surface area (Å²) >= 11 is 3.23. The predicted octanol–water partition coefficient (Wildman–Crippen LogP) is 3.85. The lowest BCUT2D eigenvalue weighted by Crippen LogP contribution is -2.24. The van der Waals surface area contributed by atoms with Gasteiger partial charge in [-0.15, -0.1) is 0 Å². The molecule has 2 unspecified atom stereocenters. The maximum absolute atomic E-state index is 13.6. The average Bonchev–Trinajstić information content (AvgIpc) is 2.34. The molecule has 1 N–H and O–H groups in total. The second kappa shape index (κ2) is 5.78. The molecule has 0 radical (unpaired) electrons. The zero-order chi connectivity index (χ0) is 12.3. The van der Waals surface area contributed by atoms with Gasteiger partial charge in [0.05, 0.1) is 6.10 Å². The van der Waals surface area contributed by atoms with Crippen LogP contribution in [0.15, 0.2) is 34.8 Å². The van der Waals surface area contributed by atoms with Crippen molar-refractivity contribution < 1.29 is 9.50 Å². The van der Waals surface area contributed by atoms with Crippen LogP contribution in [0.5, 0.6) is 0 Å². The lowest BCUT2D eigenvalue weighted by Gasteiger charge is -2.23. The Morgan fingerprint density at radius 1 is 1.41 bits per heavy atom. The summed E-state index contributed by atoms with van der Waals surface area (Å²) in [5.74, 6) is 0.0211. The van der Waals surface area contributed by atoms with Gasteiger partial charge in [0, 0.05) is 10.9 Å². The molecule has 0 aromatic heterocycles. The molecule has 0 aliphatic heterocycles. The van der Waals surface area contributed by atoms with Gasteiger partial charge in [0.25, 0.3) is 0 Å². The first kappa shape index (κ1) is 12.8. The Morgan fingerprint density at radius 3 is 2.88 bits per heavy atom. The number of benzene rings is 1. The number of allylic oxidation sites excluding steroid dienone is 2. The topological polar surface area (TPSA) is 20.2 Å². The predicted molar refractivity (Wildman–Crippen MR) is 70.3 cm³/mol. The second-order valence-corrected chi connectivity index (χ2v) is 5.47. The van der Waals surface area contributed by atoms with E-state index in [1.165, 1.54) is 6.07 Å². The van der Waals surface area contributed by atoms with Gasteiger partial charge in [-0.1, -0.05) is 34.1 Å². The molecule has 0 bridgehead atoms. The van der Waals surface area contributed by atoms with Crippen LogP contribution in [0.1, 0.15) is 24.8 Å². The molecule has 3 heteroatoms. The van der Waals surface area contributed by atoms with E-state index in [1.807, 2.05) is 6.07 Å². The van der Waals surface area contributed by atoms with Crippen LogP contribution >= 0.6 is 15.9 Å². The molecule has 2 atom stereocenters. The van der Waals surface area contributed by atoms with Gasteiger partial charge >= 0.3 is 0 Å². The highest BCUT2D eigenvalue weighted by Gasteiger charge is 2.20. The van der Waals surface area contributed by atoms with Crippen LogP contribution in [0.2, 0.25) is 0 Å². The Morgan fingerprint density at radius 2 is 2.24 bits per heavy atom. The molecule has 1 aromatic carbocycles. The second-order valence-electron chi connectivity index (χ2n) is 4.55. The molecule has 0 saturated heterocycles. The van der Waals surface area contributed by atoms with E-state index in [0.29, 0.717) is 12.0 Å². The first-order chi connectivity index (χ1) is 8.16. The first-order valence-corrected chi connectivity index (χ1v) is 6.73. The van der Waals surface area contributed by atoms with Gasteiger partial charge in [0.2, 0.25) is 0 Å². The van der Waals surface area contributed by atoms with E-state index in [2.05, 4.69) is 28.1 Å². The molecule has 1 nitrogen and oxygen atoms in total. The molecule has 2 rings (SSSR count). The van der Waals surface area contributed by atoms with Crippen LogP contribution in [-0.2, 0) is 6.42 Å². The van der Waals surface area contributed by atoms with Gasteiger partial charge in [0.15, 0.2) is 0 Å². The number of rotatable bonds is 3. The molecule has 1 aromatic rings. The van der Waals surface area contributed by atoms with Crippen molar-refractivity contribution in [3.05, 3.63) is 46.2 Å². The Bertz CT molecular complexity index is 417. The summed E-state index contributed by atoms with van der Waals surface area (Å²) in [4.78, 5) is 0. The van der Waals surface area contributed by atoms with Crippen LogP contribution in [0.25, 0.3) is 0 Å². The fraction of sp³-hybridized carbons (Fsp3) is 0.429. The van der Waals surface area contributed by atoms with E-state index in [4.69, 9.17) is 0 Å². The zero-order valence-electron chi connectivity index (χ0n) is 9.57. The Hall–Kier alpha value is -0.670. The zero-order valence-corrected chi connectivity index (χ0v) is 11.2. The van der Waals surface area contributed by atoms with Crippen molar-refractivity contribution in [1.29, 1.82) is 0 Å².